The molecule has 4 aromatic heterocycles. The molecule has 0 amide bonds. The van der Waals surface area contributed by atoms with Crippen LogP contribution >= 0.6 is 0 Å². The molecule has 1 aliphatic carbocycles. The average molecular weight is 567 g/mol. The van der Waals surface area contributed by atoms with E-state index in [9.17, 15) is 0 Å². The molecule has 1 aliphatic rings. The summed E-state index contributed by atoms with van der Waals surface area (Å²) in [6.07, 6.45) is 4.58. The van der Waals surface area contributed by atoms with Crippen LogP contribution in [0.3, 0.4) is 0 Å². The van der Waals surface area contributed by atoms with Gasteiger partial charge in [-0.15, -0.1) is 0 Å². The SMILES string of the molecule is c1ccc(-c2cccc(-n3c4c(c5cc6c7ccccc7n(-c7cccc(-c8ccccc8)n7)c6cc53)CCCC4)n2)cc1. The molecule has 4 nitrogen and oxygen atoms in total. The highest BCUT2D eigenvalue weighted by atomic mass is 15.1. The molecular weight excluding hydrogens is 536 g/mol. The molecule has 4 heteroatoms. The predicted molar refractivity (Wildman–Crippen MR) is 181 cm³/mol. The Kier molecular flexibility index (Phi) is 5.73. The number of benzene rings is 4. The van der Waals surface area contributed by atoms with Gasteiger partial charge in [0.1, 0.15) is 11.6 Å². The van der Waals surface area contributed by atoms with E-state index >= 15 is 0 Å². The van der Waals surface area contributed by atoms with Gasteiger partial charge in [-0.05, 0) is 73.7 Å². The molecule has 0 atom stereocenters. The summed E-state index contributed by atoms with van der Waals surface area (Å²) < 4.78 is 4.77. The maximum absolute atomic E-state index is 5.24. The van der Waals surface area contributed by atoms with Gasteiger partial charge in [-0.2, -0.15) is 0 Å². The third kappa shape index (κ3) is 3.91. The Morgan fingerprint density at radius 1 is 0.432 bits per heavy atom. The minimum Gasteiger partial charge on any atom is -0.298 e. The molecule has 210 valence electrons. The van der Waals surface area contributed by atoms with Crippen molar-refractivity contribution in [2.24, 2.45) is 0 Å². The lowest BCUT2D eigenvalue weighted by atomic mass is 9.95. The molecule has 0 N–H and O–H groups in total. The summed E-state index contributed by atoms with van der Waals surface area (Å²) in [4.78, 5) is 10.4. The van der Waals surface area contributed by atoms with Gasteiger partial charge in [0, 0.05) is 33.0 Å². The van der Waals surface area contributed by atoms with Crippen molar-refractivity contribution in [3.63, 3.8) is 0 Å². The van der Waals surface area contributed by atoms with Gasteiger partial charge < -0.3 is 0 Å². The lowest BCUT2D eigenvalue weighted by molar-refractivity contribution is 0.665. The van der Waals surface area contributed by atoms with Crippen molar-refractivity contribution < 1.29 is 0 Å². The zero-order valence-electron chi connectivity index (χ0n) is 24.3. The monoisotopic (exact) mass is 566 g/mol. The molecule has 0 aliphatic heterocycles. The predicted octanol–water partition coefficient (Wildman–Crippen LogP) is 9.73. The summed E-state index contributed by atoms with van der Waals surface area (Å²) in [5.41, 5.74) is 10.6. The van der Waals surface area contributed by atoms with E-state index in [1.807, 2.05) is 6.07 Å². The van der Waals surface area contributed by atoms with Gasteiger partial charge >= 0.3 is 0 Å². The van der Waals surface area contributed by atoms with E-state index in [0.29, 0.717) is 0 Å². The first-order valence-electron chi connectivity index (χ1n) is 15.5. The first-order valence-corrected chi connectivity index (χ1v) is 15.5. The number of nitrogens with zero attached hydrogens (tertiary/aromatic N) is 4. The van der Waals surface area contributed by atoms with E-state index < -0.39 is 0 Å². The summed E-state index contributed by atoms with van der Waals surface area (Å²) in [5, 5.41) is 3.85. The summed E-state index contributed by atoms with van der Waals surface area (Å²) >= 11 is 0. The lowest BCUT2D eigenvalue weighted by Gasteiger charge is -2.16. The number of hydrogen-bond donors (Lipinski definition) is 0. The zero-order chi connectivity index (χ0) is 29.0. The Balaban J connectivity index is 1.33. The first-order chi connectivity index (χ1) is 21.8. The van der Waals surface area contributed by atoms with E-state index in [1.165, 1.54) is 45.8 Å². The second kappa shape index (κ2) is 10.1. The number of fused-ring (bicyclic) bond motifs is 6. The quantitative estimate of drug-likeness (QED) is 0.213. The van der Waals surface area contributed by atoms with E-state index in [0.717, 1.165) is 58.0 Å². The van der Waals surface area contributed by atoms with Crippen molar-refractivity contribution in [2.45, 2.75) is 25.7 Å². The normalized spacial score (nSPS) is 13.1. The molecule has 9 rings (SSSR count). The molecule has 4 heterocycles. The van der Waals surface area contributed by atoms with E-state index in [4.69, 9.17) is 9.97 Å². The second-order valence-corrected chi connectivity index (χ2v) is 11.7. The molecule has 0 saturated heterocycles. The van der Waals surface area contributed by atoms with Gasteiger partial charge in [-0.3, -0.25) is 9.13 Å². The summed E-state index contributed by atoms with van der Waals surface area (Å²) in [5.74, 6) is 1.90. The van der Waals surface area contributed by atoms with Gasteiger partial charge in [-0.25, -0.2) is 9.97 Å². The number of aryl methyl sites for hydroxylation is 1. The molecule has 0 spiro atoms. The molecule has 44 heavy (non-hydrogen) atoms. The third-order valence-corrected chi connectivity index (χ3v) is 9.13. The van der Waals surface area contributed by atoms with Crippen LogP contribution in [0.1, 0.15) is 24.1 Å². The molecule has 8 aromatic rings. The van der Waals surface area contributed by atoms with Gasteiger partial charge in [0.2, 0.25) is 0 Å². The van der Waals surface area contributed by atoms with Crippen LogP contribution in [0.2, 0.25) is 0 Å². The summed E-state index contributed by atoms with van der Waals surface area (Å²) in [6.45, 7) is 0. The molecule has 0 fully saturated rings. The van der Waals surface area contributed by atoms with Crippen LogP contribution in [-0.4, -0.2) is 19.1 Å². The number of hydrogen-bond acceptors (Lipinski definition) is 2. The van der Waals surface area contributed by atoms with Crippen LogP contribution in [0.25, 0.3) is 66.9 Å². The minimum absolute atomic E-state index is 0.920. The fourth-order valence-electron chi connectivity index (χ4n) is 7.15. The topological polar surface area (TPSA) is 35.6 Å². The molecule has 4 aromatic carbocycles. The van der Waals surface area contributed by atoms with Crippen molar-refractivity contribution >= 4 is 32.7 Å². The van der Waals surface area contributed by atoms with Gasteiger partial charge in [0.05, 0.1) is 27.9 Å². The summed E-state index contributed by atoms with van der Waals surface area (Å²) in [6, 6.07) is 47.2. The van der Waals surface area contributed by atoms with Crippen molar-refractivity contribution in [3.05, 3.63) is 145 Å². The average Bonchev–Trinajstić information content (AvgIpc) is 3.60. The Morgan fingerprint density at radius 3 is 1.73 bits per heavy atom. The Hall–Kier alpha value is -5.48. The van der Waals surface area contributed by atoms with Crippen LogP contribution in [0.15, 0.2) is 133 Å². The Labute approximate surface area is 255 Å². The van der Waals surface area contributed by atoms with Crippen molar-refractivity contribution in [1.29, 1.82) is 0 Å². The molecule has 0 unspecified atom stereocenters. The molecule has 0 bridgehead atoms. The first kappa shape index (κ1) is 25.1. The van der Waals surface area contributed by atoms with E-state index in [2.05, 4.69) is 137 Å². The van der Waals surface area contributed by atoms with Crippen molar-refractivity contribution in [1.82, 2.24) is 19.1 Å². The maximum Gasteiger partial charge on any atom is 0.138 e. The Bertz CT molecular complexity index is 2330. The third-order valence-electron chi connectivity index (χ3n) is 9.13. The second-order valence-electron chi connectivity index (χ2n) is 11.7. The largest absolute Gasteiger partial charge is 0.298 e. The fraction of sp³-hybridized carbons (Fsp3) is 0.100. The van der Waals surface area contributed by atoms with Crippen LogP contribution in [0.5, 0.6) is 0 Å². The fourth-order valence-corrected chi connectivity index (χ4v) is 7.15. The highest BCUT2D eigenvalue weighted by molar-refractivity contribution is 6.14. The standard InChI is InChI=1S/C40H30N4/c1-3-13-27(14-4-1)33-19-11-23-39(41-33)43-35-21-9-7-17-29(35)31-25-32-30-18-8-10-22-36(30)44(38(32)26-37(31)43)40-24-12-20-34(42-40)28-15-5-2-6-16-28/h1-7,9,11-17,19-21,23-26H,8,10,18,22H2. The number of pyridine rings is 2. The van der Waals surface area contributed by atoms with E-state index in [1.54, 1.807) is 0 Å². The minimum atomic E-state index is 0.920. The van der Waals surface area contributed by atoms with Crippen LogP contribution in [-0.2, 0) is 12.8 Å². The van der Waals surface area contributed by atoms with E-state index in [-0.39, 0.29) is 0 Å². The molecule has 0 saturated carbocycles. The number of rotatable bonds is 4. The van der Waals surface area contributed by atoms with Crippen LogP contribution in [0, 0.1) is 0 Å². The van der Waals surface area contributed by atoms with Gasteiger partial charge in [0.15, 0.2) is 0 Å². The van der Waals surface area contributed by atoms with Crippen molar-refractivity contribution in [2.75, 3.05) is 0 Å². The van der Waals surface area contributed by atoms with Gasteiger partial charge in [0.25, 0.3) is 0 Å². The number of aromatic nitrogens is 4. The van der Waals surface area contributed by atoms with Crippen molar-refractivity contribution in [3.8, 4) is 34.2 Å². The lowest BCUT2D eigenvalue weighted by Crippen LogP contribution is -2.08. The molecular formula is C40H30N4. The zero-order valence-corrected chi connectivity index (χ0v) is 24.3. The highest BCUT2D eigenvalue weighted by Crippen LogP contribution is 2.40. The maximum atomic E-state index is 5.24. The highest BCUT2D eigenvalue weighted by Gasteiger charge is 2.24. The number of para-hydroxylation sites is 1. The summed E-state index contributed by atoms with van der Waals surface area (Å²) in [7, 11) is 0. The van der Waals surface area contributed by atoms with Crippen LogP contribution in [0.4, 0.5) is 0 Å². The van der Waals surface area contributed by atoms with Gasteiger partial charge in [-0.1, -0.05) is 91.0 Å². The molecule has 0 radical (unpaired) electrons. The smallest absolute Gasteiger partial charge is 0.138 e. The Morgan fingerprint density at radius 2 is 1.02 bits per heavy atom. The van der Waals surface area contributed by atoms with Crippen LogP contribution < -0.4 is 0 Å².